The second kappa shape index (κ2) is 7.12. The Morgan fingerprint density at radius 3 is 2.35 bits per heavy atom. The number of benzene rings is 2. The minimum atomic E-state index is -0.682. The second-order valence-corrected chi connectivity index (χ2v) is 4.61. The molecule has 0 amide bonds. The zero-order valence-electron chi connectivity index (χ0n) is 12.3. The van der Waals surface area contributed by atoms with Crippen molar-refractivity contribution in [1.82, 2.24) is 0 Å². The molecular formula is C15H14N4O4. The quantitative estimate of drug-likeness (QED) is 0.496. The smallest absolute Gasteiger partial charge is 0.271 e. The summed E-state index contributed by atoms with van der Waals surface area (Å²) in [6.45, 7) is 1.91. The van der Waals surface area contributed by atoms with Crippen LogP contribution in [0.15, 0.2) is 53.6 Å². The number of hydrazone groups is 1. The van der Waals surface area contributed by atoms with Crippen LogP contribution in [0.5, 0.6) is 0 Å². The SMILES string of the molecule is CC/C(=N/Nc1ccc([N+](=O)[O-])cc1[N+](=O)[O-])c1ccccc1. The summed E-state index contributed by atoms with van der Waals surface area (Å²) in [6.07, 6.45) is 0.623. The van der Waals surface area contributed by atoms with Gasteiger partial charge in [0.2, 0.25) is 0 Å². The van der Waals surface area contributed by atoms with E-state index in [0.717, 1.165) is 17.3 Å². The number of hydrogen-bond acceptors (Lipinski definition) is 6. The Bertz CT molecular complexity index is 759. The molecule has 0 atom stereocenters. The Kier molecular flexibility index (Phi) is 4.98. The molecule has 8 nitrogen and oxygen atoms in total. The summed E-state index contributed by atoms with van der Waals surface area (Å²) in [5.41, 5.74) is 3.61. The van der Waals surface area contributed by atoms with Crippen LogP contribution in [0.2, 0.25) is 0 Å². The van der Waals surface area contributed by atoms with Gasteiger partial charge in [0.05, 0.1) is 21.6 Å². The third-order valence-corrected chi connectivity index (χ3v) is 3.14. The van der Waals surface area contributed by atoms with Gasteiger partial charge in [0.15, 0.2) is 0 Å². The lowest BCUT2D eigenvalue weighted by Gasteiger charge is -2.06. The first kappa shape index (κ1) is 16.1. The highest BCUT2D eigenvalue weighted by Crippen LogP contribution is 2.29. The molecule has 1 N–H and O–H groups in total. The molecule has 8 heteroatoms. The minimum absolute atomic E-state index is 0.0995. The molecule has 0 bridgehead atoms. The number of nitrogens with one attached hydrogen (secondary N) is 1. The molecule has 0 saturated carbocycles. The topological polar surface area (TPSA) is 111 Å². The largest absolute Gasteiger partial charge is 0.301 e. The maximum absolute atomic E-state index is 11.1. The molecular weight excluding hydrogens is 300 g/mol. The highest BCUT2D eigenvalue weighted by molar-refractivity contribution is 6.00. The normalized spacial score (nSPS) is 11.1. The molecule has 2 aromatic rings. The van der Waals surface area contributed by atoms with Gasteiger partial charge in [-0.25, -0.2) is 0 Å². The first-order chi connectivity index (χ1) is 11.0. The van der Waals surface area contributed by atoms with E-state index in [1.807, 2.05) is 37.3 Å². The zero-order valence-corrected chi connectivity index (χ0v) is 12.3. The summed E-state index contributed by atoms with van der Waals surface area (Å²) < 4.78 is 0. The molecule has 0 heterocycles. The van der Waals surface area contributed by atoms with Gasteiger partial charge >= 0.3 is 5.69 Å². The van der Waals surface area contributed by atoms with Crippen LogP contribution < -0.4 is 5.43 Å². The van der Waals surface area contributed by atoms with Gasteiger partial charge in [-0.05, 0) is 18.1 Å². The van der Waals surface area contributed by atoms with Gasteiger partial charge in [0.1, 0.15) is 5.69 Å². The van der Waals surface area contributed by atoms with Crippen LogP contribution in [0, 0.1) is 20.2 Å². The number of nitrogens with zero attached hydrogens (tertiary/aromatic N) is 3. The number of non-ortho nitro benzene ring substituents is 1. The molecule has 0 saturated heterocycles. The van der Waals surface area contributed by atoms with Crippen molar-refractivity contribution in [2.45, 2.75) is 13.3 Å². The van der Waals surface area contributed by atoms with Crippen molar-refractivity contribution in [2.75, 3.05) is 5.43 Å². The van der Waals surface area contributed by atoms with Crippen LogP contribution in [0.4, 0.5) is 17.1 Å². The fourth-order valence-corrected chi connectivity index (χ4v) is 1.99. The summed E-state index contributed by atoms with van der Waals surface area (Å²) >= 11 is 0. The molecule has 2 aromatic carbocycles. The molecule has 0 fully saturated rings. The average Bonchev–Trinajstić information content (AvgIpc) is 2.56. The van der Waals surface area contributed by atoms with Gasteiger partial charge in [-0.15, -0.1) is 0 Å². The van der Waals surface area contributed by atoms with Crippen LogP contribution in [-0.2, 0) is 0 Å². The molecule has 2 rings (SSSR count). The Morgan fingerprint density at radius 1 is 1.09 bits per heavy atom. The van der Waals surface area contributed by atoms with Crippen LogP contribution in [-0.4, -0.2) is 15.6 Å². The standard InChI is InChI=1S/C15H14N4O4/c1-2-13(11-6-4-3-5-7-11)16-17-14-9-8-12(18(20)21)10-15(14)19(22)23/h3-10,17H,2H2,1H3/b16-13-. The summed E-state index contributed by atoms with van der Waals surface area (Å²) in [5.74, 6) is 0. The predicted octanol–water partition coefficient (Wildman–Crippen LogP) is 3.73. The number of hydrogen-bond donors (Lipinski definition) is 1. The highest BCUT2D eigenvalue weighted by Gasteiger charge is 2.19. The van der Waals surface area contributed by atoms with E-state index in [1.54, 1.807) is 0 Å². The molecule has 0 unspecified atom stereocenters. The molecule has 0 aliphatic heterocycles. The van der Waals surface area contributed by atoms with Crippen molar-refractivity contribution in [3.05, 3.63) is 74.3 Å². The molecule has 0 aromatic heterocycles. The van der Waals surface area contributed by atoms with Crippen LogP contribution in [0.3, 0.4) is 0 Å². The third-order valence-electron chi connectivity index (χ3n) is 3.14. The maximum atomic E-state index is 11.1. The van der Waals surface area contributed by atoms with E-state index in [-0.39, 0.29) is 11.4 Å². The highest BCUT2D eigenvalue weighted by atomic mass is 16.6. The van der Waals surface area contributed by atoms with Gasteiger partial charge < -0.3 is 0 Å². The summed E-state index contributed by atoms with van der Waals surface area (Å²) in [7, 11) is 0. The zero-order chi connectivity index (χ0) is 16.8. The fourth-order valence-electron chi connectivity index (χ4n) is 1.99. The number of nitro groups is 2. The van der Waals surface area contributed by atoms with Crippen molar-refractivity contribution < 1.29 is 9.85 Å². The Hall–Kier alpha value is -3.29. The Labute approximate surface area is 131 Å². The number of anilines is 1. The van der Waals surface area contributed by atoms with Gasteiger partial charge in [0, 0.05) is 6.07 Å². The van der Waals surface area contributed by atoms with Crippen LogP contribution in [0.1, 0.15) is 18.9 Å². The lowest BCUT2D eigenvalue weighted by Crippen LogP contribution is -2.04. The molecule has 0 radical (unpaired) electrons. The van der Waals surface area contributed by atoms with Crippen molar-refractivity contribution in [3.8, 4) is 0 Å². The van der Waals surface area contributed by atoms with Crippen molar-refractivity contribution in [3.63, 3.8) is 0 Å². The van der Waals surface area contributed by atoms with Gasteiger partial charge in [0.25, 0.3) is 5.69 Å². The van der Waals surface area contributed by atoms with Crippen LogP contribution >= 0.6 is 0 Å². The lowest BCUT2D eigenvalue weighted by atomic mass is 10.1. The predicted molar refractivity (Wildman–Crippen MR) is 86.6 cm³/mol. The fraction of sp³-hybridized carbons (Fsp3) is 0.133. The van der Waals surface area contributed by atoms with E-state index in [4.69, 9.17) is 0 Å². The van der Waals surface area contributed by atoms with E-state index in [2.05, 4.69) is 10.5 Å². The van der Waals surface area contributed by atoms with E-state index in [0.29, 0.717) is 6.42 Å². The van der Waals surface area contributed by atoms with Crippen molar-refractivity contribution >= 4 is 22.8 Å². The monoisotopic (exact) mass is 314 g/mol. The maximum Gasteiger partial charge on any atom is 0.301 e. The van der Waals surface area contributed by atoms with E-state index in [9.17, 15) is 20.2 Å². The van der Waals surface area contributed by atoms with E-state index >= 15 is 0 Å². The molecule has 0 aliphatic rings. The minimum Gasteiger partial charge on any atom is -0.271 e. The van der Waals surface area contributed by atoms with Crippen molar-refractivity contribution in [2.24, 2.45) is 5.10 Å². The molecule has 23 heavy (non-hydrogen) atoms. The van der Waals surface area contributed by atoms with E-state index in [1.165, 1.54) is 12.1 Å². The lowest BCUT2D eigenvalue weighted by molar-refractivity contribution is -0.393. The number of nitro benzene ring substituents is 2. The second-order valence-electron chi connectivity index (χ2n) is 4.61. The number of rotatable bonds is 6. The molecule has 0 aliphatic carbocycles. The summed E-state index contributed by atoms with van der Waals surface area (Å²) in [6, 6.07) is 12.8. The van der Waals surface area contributed by atoms with Crippen molar-refractivity contribution in [1.29, 1.82) is 0 Å². The first-order valence-corrected chi connectivity index (χ1v) is 6.83. The first-order valence-electron chi connectivity index (χ1n) is 6.83. The van der Waals surface area contributed by atoms with Gasteiger partial charge in [-0.3, -0.25) is 25.7 Å². The van der Waals surface area contributed by atoms with E-state index < -0.39 is 15.5 Å². The average molecular weight is 314 g/mol. The molecule has 118 valence electrons. The Morgan fingerprint density at radius 2 is 1.78 bits per heavy atom. The third kappa shape index (κ3) is 3.88. The summed E-state index contributed by atoms with van der Waals surface area (Å²) in [5, 5.41) is 26.0. The Balaban J connectivity index is 2.33. The van der Waals surface area contributed by atoms with Crippen LogP contribution in [0.25, 0.3) is 0 Å². The summed E-state index contributed by atoms with van der Waals surface area (Å²) in [4.78, 5) is 20.4. The molecule has 0 spiro atoms. The van der Waals surface area contributed by atoms with Gasteiger partial charge in [-0.1, -0.05) is 37.3 Å². The van der Waals surface area contributed by atoms with Gasteiger partial charge in [-0.2, -0.15) is 5.10 Å².